The summed E-state index contributed by atoms with van der Waals surface area (Å²) in [6.45, 7) is 0. The highest BCUT2D eigenvalue weighted by molar-refractivity contribution is 7.19. The third kappa shape index (κ3) is 2.32. The highest BCUT2D eigenvalue weighted by Crippen LogP contribution is 2.31. The number of thiophene rings is 1. The van der Waals surface area contributed by atoms with Gasteiger partial charge >= 0.3 is 0 Å². The molecule has 22 heavy (non-hydrogen) atoms. The molecule has 0 saturated heterocycles. The van der Waals surface area contributed by atoms with E-state index in [1.165, 1.54) is 25.7 Å². The number of aldehydes is 1. The minimum absolute atomic E-state index is 0.783. The number of benzene rings is 3. The van der Waals surface area contributed by atoms with Gasteiger partial charge in [0.15, 0.2) is 0 Å². The van der Waals surface area contributed by atoms with Gasteiger partial charge in [0.05, 0.1) is 0 Å². The van der Waals surface area contributed by atoms with E-state index in [9.17, 15) is 4.79 Å². The lowest BCUT2D eigenvalue weighted by Crippen LogP contribution is -1.91. The van der Waals surface area contributed by atoms with Crippen molar-refractivity contribution < 1.29 is 4.79 Å². The molecular weight excluding hydrogens is 288 g/mol. The van der Waals surface area contributed by atoms with Crippen molar-refractivity contribution in [2.24, 2.45) is 0 Å². The summed E-state index contributed by atoms with van der Waals surface area (Å²) in [6, 6.07) is 23.0. The predicted octanol–water partition coefficient (Wildman–Crippen LogP) is 5.46. The quantitative estimate of drug-likeness (QED) is 0.459. The monoisotopic (exact) mass is 302 g/mol. The Balaban J connectivity index is 1.79. The zero-order valence-electron chi connectivity index (χ0n) is 12.0. The molecule has 0 aliphatic heterocycles. The van der Waals surface area contributed by atoms with E-state index in [-0.39, 0.29) is 0 Å². The van der Waals surface area contributed by atoms with Crippen molar-refractivity contribution in [2.75, 3.05) is 0 Å². The van der Waals surface area contributed by atoms with Gasteiger partial charge in [-0.2, -0.15) is 0 Å². The molecule has 0 aliphatic carbocycles. The molecule has 0 saturated carbocycles. The number of hydrogen-bond acceptors (Lipinski definition) is 2. The summed E-state index contributed by atoms with van der Waals surface area (Å²) in [5.41, 5.74) is 1.87. The topological polar surface area (TPSA) is 17.1 Å². The average Bonchev–Trinajstić information content (AvgIpc) is 2.94. The third-order valence-corrected chi connectivity index (χ3v) is 5.08. The van der Waals surface area contributed by atoms with Crippen LogP contribution in [0.4, 0.5) is 0 Å². The predicted molar refractivity (Wildman–Crippen MR) is 94.0 cm³/mol. The summed E-state index contributed by atoms with van der Waals surface area (Å²) in [5.74, 6) is 0. The van der Waals surface area contributed by atoms with Crippen molar-refractivity contribution in [3.05, 3.63) is 82.7 Å². The van der Waals surface area contributed by atoms with E-state index in [0.29, 0.717) is 0 Å². The Morgan fingerprint density at radius 3 is 2.36 bits per heavy atom. The van der Waals surface area contributed by atoms with Crippen molar-refractivity contribution >= 4 is 38.5 Å². The van der Waals surface area contributed by atoms with Gasteiger partial charge < -0.3 is 0 Å². The summed E-state index contributed by atoms with van der Waals surface area (Å²) in [7, 11) is 0. The molecule has 0 spiro atoms. The molecule has 0 bridgehead atoms. The molecule has 0 fully saturated rings. The Hall–Kier alpha value is -2.45. The van der Waals surface area contributed by atoms with Crippen LogP contribution < -0.4 is 0 Å². The van der Waals surface area contributed by atoms with Crippen molar-refractivity contribution in [3.63, 3.8) is 0 Å². The first kappa shape index (κ1) is 13.2. The molecule has 0 unspecified atom stereocenters. The maximum Gasteiger partial charge on any atom is 0.150 e. The summed E-state index contributed by atoms with van der Waals surface area (Å²) < 4.78 is 1.30. The van der Waals surface area contributed by atoms with E-state index < -0.39 is 0 Å². The highest BCUT2D eigenvalue weighted by atomic mass is 32.1. The largest absolute Gasteiger partial charge is 0.298 e. The first-order valence-electron chi connectivity index (χ1n) is 7.28. The van der Waals surface area contributed by atoms with Gasteiger partial charge in [0.25, 0.3) is 0 Å². The second kappa shape index (κ2) is 5.39. The molecule has 0 N–H and O–H groups in total. The molecule has 0 atom stereocenters. The Morgan fingerprint density at radius 1 is 0.818 bits per heavy atom. The number of carbonyl (C=O) groups is 1. The van der Waals surface area contributed by atoms with E-state index in [0.717, 1.165) is 23.8 Å². The maximum absolute atomic E-state index is 11.2. The maximum atomic E-state index is 11.2. The van der Waals surface area contributed by atoms with Crippen molar-refractivity contribution in [1.29, 1.82) is 0 Å². The van der Waals surface area contributed by atoms with E-state index in [1.807, 2.05) is 35.6 Å². The van der Waals surface area contributed by atoms with Gasteiger partial charge in [-0.3, -0.25) is 4.79 Å². The standard InChI is InChI=1S/C20H14OS/c21-13-17-8-4-3-6-15(17)10-19-11-18-9-14-5-1-2-7-16(14)12-20(18)22-19/h1-9,11-13H,10H2. The number of hydrogen-bond donors (Lipinski definition) is 0. The van der Waals surface area contributed by atoms with E-state index in [2.05, 4.69) is 42.5 Å². The molecule has 0 radical (unpaired) electrons. The summed E-state index contributed by atoms with van der Waals surface area (Å²) in [4.78, 5) is 12.4. The lowest BCUT2D eigenvalue weighted by atomic mass is 10.0. The number of carbonyl (C=O) groups excluding carboxylic acids is 1. The van der Waals surface area contributed by atoms with Crippen LogP contribution in [0.2, 0.25) is 0 Å². The highest BCUT2D eigenvalue weighted by Gasteiger charge is 2.07. The van der Waals surface area contributed by atoms with Gasteiger partial charge in [0.1, 0.15) is 6.29 Å². The van der Waals surface area contributed by atoms with Gasteiger partial charge in [-0.1, -0.05) is 48.5 Å². The zero-order chi connectivity index (χ0) is 14.9. The Kier molecular flexibility index (Phi) is 3.24. The fourth-order valence-electron chi connectivity index (χ4n) is 2.87. The molecule has 0 aliphatic rings. The van der Waals surface area contributed by atoms with Crippen LogP contribution in [0.1, 0.15) is 20.8 Å². The summed E-state index contributed by atoms with van der Waals surface area (Å²) >= 11 is 1.81. The van der Waals surface area contributed by atoms with Crippen molar-refractivity contribution in [3.8, 4) is 0 Å². The van der Waals surface area contributed by atoms with Crippen LogP contribution in [0, 0.1) is 0 Å². The smallest absolute Gasteiger partial charge is 0.150 e. The van der Waals surface area contributed by atoms with E-state index >= 15 is 0 Å². The van der Waals surface area contributed by atoms with Gasteiger partial charge in [0, 0.05) is 21.6 Å². The van der Waals surface area contributed by atoms with E-state index in [4.69, 9.17) is 0 Å². The molecule has 4 aromatic rings. The molecule has 1 nitrogen and oxygen atoms in total. The van der Waals surface area contributed by atoms with Gasteiger partial charge in [0.2, 0.25) is 0 Å². The molecular formula is C20H14OS. The number of fused-ring (bicyclic) bond motifs is 2. The van der Waals surface area contributed by atoms with Gasteiger partial charge in [-0.25, -0.2) is 0 Å². The van der Waals surface area contributed by atoms with Crippen LogP contribution >= 0.6 is 11.3 Å². The Bertz CT molecular complexity index is 929. The number of rotatable bonds is 3. The lowest BCUT2D eigenvalue weighted by Gasteiger charge is -2.01. The average molecular weight is 302 g/mol. The molecule has 1 heterocycles. The minimum Gasteiger partial charge on any atom is -0.298 e. The molecule has 2 heteroatoms. The van der Waals surface area contributed by atoms with Gasteiger partial charge in [-0.15, -0.1) is 11.3 Å². The van der Waals surface area contributed by atoms with Crippen LogP contribution in [0.15, 0.2) is 66.7 Å². The normalized spacial score (nSPS) is 11.1. The fraction of sp³-hybridized carbons (Fsp3) is 0.0500. The molecule has 4 rings (SSSR count). The third-order valence-electron chi connectivity index (χ3n) is 3.98. The minimum atomic E-state index is 0.783. The van der Waals surface area contributed by atoms with Crippen LogP contribution in [-0.2, 0) is 6.42 Å². The fourth-order valence-corrected chi connectivity index (χ4v) is 3.98. The molecule has 1 aromatic heterocycles. The van der Waals surface area contributed by atoms with Crippen LogP contribution in [-0.4, -0.2) is 6.29 Å². The molecule has 106 valence electrons. The summed E-state index contributed by atoms with van der Waals surface area (Å²) in [6.07, 6.45) is 1.75. The first-order valence-corrected chi connectivity index (χ1v) is 8.09. The van der Waals surface area contributed by atoms with E-state index in [1.54, 1.807) is 0 Å². The molecule has 0 amide bonds. The summed E-state index contributed by atoms with van der Waals surface area (Å²) in [5, 5.41) is 3.83. The van der Waals surface area contributed by atoms with Crippen LogP contribution in [0.3, 0.4) is 0 Å². The zero-order valence-corrected chi connectivity index (χ0v) is 12.8. The second-order valence-corrected chi connectivity index (χ2v) is 6.61. The SMILES string of the molecule is O=Cc1ccccc1Cc1cc2cc3ccccc3cc2s1. The second-order valence-electron chi connectivity index (χ2n) is 5.44. The Morgan fingerprint density at radius 2 is 1.55 bits per heavy atom. The lowest BCUT2D eigenvalue weighted by molar-refractivity contribution is 0.112. The first-order chi connectivity index (χ1) is 10.8. The van der Waals surface area contributed by atoms with Gasteiger partial charge in [-0.05, 0) is 39.9 Å². The van der Waals surface area contributed by atoms with Crippen LogP contribution in [0.5, 0.6) is 0 Å². The van der Waals surface area contributed by atoms with Crippen LogP contribution in [0.25, 0.3) is 20.9 Å². The molecule has 3 aromatic carbocycles. The van der Waals surface area contributed by atoms with Crippen molar-refractivity contribution in [1.82, 2.24) is 0 Å². The Labute approximate surface area is 132 Å². The van der Waals surface area contributed by atoms with Crippen molar-refractivity contribution in [2.45, 2.75) is 6.42 Å².